The summed E-state index contributed by atoms with van der Waals surface area (Å²) in [5.41, 5.74) is 28.7. The second-order valence-corrected chi connectivity index (χ2v) is 26.3. The zero-order valence-electron chi connectivity index (χ0n) is 55.3. The number of hydrogen-bond donors (Lipinski definition) is 19. The molecule has 0 aliphatic rings. The van der Waals surface area contributed by atoms with Gasteiger partial charge in [-0.15, -0.1) is 0 Å². The molecule has 1 aromatic rings. The number of carbonyl (C=O) groups is 12. The largest absolute Gasteiger partial charge is 0.480 e. The summed E-state index contributed by atoms with van der Waals surface area (Å²) in [5.74, 6) is -14.4. The molecule has 92 heavy (non-hydrogen) atoms. The number of aliphatic carboxylic acids is 1. The highest BCUT2D eigenvalue weighted by Gasteiger charge is 2.40. The molecule has 24 N–H and O–H groups in total. The third-order valence-corrected chi connectivity index (χ3v) is 14.3. The second-order valence-electron chi connectivity index (χ2n) is 26.3. The van der Waals surface area contributed by atoms with Crippen LogP contribution in [0.4, 0.5) is 5.69 Å². The van der Waals surface area contributed by atoms with Gasteiger partial charge in [-0.05, 0) is 85.3 Å². The molecule has 32 heteroatoms. The molecule has 0 heterocycles. The Labute approximate surface area is 537 Å². The fourth-order valence-electron chi connectivity index (χ4n) is 9.24. The standard InChI is InChI=1S/C60H104N16O16/c1-14-31(6)44(55(89)75-45(32(7)78)54(88)67-27-43(80)68-39(24-42(63)79)51(85)73-41(28-77)57(91)92)74-49(83)36(19-16-20-66-58(64)65)69-50(84)37(21-29(2)3)71-56(90)46(47(81)30(4)5)76-52(86)38(23-33-17-15-18-34(61)22-33)70-53(87)40(26-60(11,12)13)72-48(82)35(62)25-59(8,9)10/h15,17-18,22,29-32,35-41,44-47,77-78,81H,14,16,19-21,23-28,61-62H2,1-13H3,(H2,63,79)(H,67,88)(H,68,80)(H,69,84)(H,70,87)(H,71,90)(H,72,82)(H,73,85)(H,74,83)(H,75,89)(H,76,86)(H,91,92)(H4,64,65,66)/t31-,32-,35+,36+,37-,38-,39-,40-,41-,44-,45-,46-,47?/m0/s1. The van der Waals surface area contributed by atoms with Crippen molar-refractivity contribution in [3.8, 4) is 0 Å². The topological polar surface area (TPSA) is 549 Å². The van der Waals surface area contributed by atoms with Crippen molar-refractivity contribution in [1.82, 2.24) is 53.2 Å². The van der Waals surface area contributed by atoms with Crippen molar-refractivity contribution in [2.45, 2.75) is 214 Å². The number of carbonyl (C=O) groups excluding carboxylic acids is 11. The normalized spacial score (nSPS) is 15.9. The molecule has 0 aliphatic carbocycles. The molecule has 0 radical (unpaired) electrons. The molecule has 1 unspecified atom stereocenters. The van der Waals surface area contributed by atoms with E-state index < -0.39 is 180 Å². The van der Waals surface area contributed by atoms with Crippen LogP contribution < -0.4 is 81.8 Å². The molecule has 0 aromatic heterocycles. The number of nitrogens with one attached hydrogen (secondary N) is 10. The van der Waals surface area contributed by atoms with E-state index in [0.29, 0.717) is 17.7 Å². The number of amides is 11. The average molecular weight is 1310 g/mol. The predicted octanol–water partition coefficient (Wildman–Crippen LogP) is -4.01. The first-order valence-electron chi connectivity index (χ1n) is 30.6. The van der Waals surface area contributed by atoms with Gasteiger partial charge < -0.3 is 102 Å². The molecule has 0 saturated heterocycles. The molecule has 0 spiro atoms. The Morgan fingerprint density at radius 1 is 0.587 bits per heavy atom. The minimum atomic E-state index is -1.81. The van der Waals surface area contributed by atoms with E-state index >= 15 is 0 Å². The highest BCUT2D eigenvalue weighted by Crippen LogP contribution is 2.24. The molecule has 520 valence electrons. The van der Waals surface area contributed by atoms with E-state index in [1.54, 1.807) is 65.8 Å². The van der Waals surface area contributed by atoms with Crippen LogP contribution in [0.25, 0.3) is 0 Å². The van der Waals surface area contributed by atoms with Crippen LogP contribution in [0, 0.1) is 28.6 Å². The Bertz CT molecular complexity index is 2710. The van der Waals surface area contributed by atoms with Crippen molar-refractivity contribution in [3.05, 3.63) is 29.8 Å². The van der Waals surface area contributed by atoms with Crippen LogP contribution in [0.1, 0.15) is 141 Å². The number of nitrogen functional groups attached to an aromatic ring is 1. The van der Waals surface area contributed by atoms with Crippen LogP contribution in [-0.4, -0.2) is 190 Å². The molecule has 11 amide bonds. The number of nitrogens with two attached hydrogens (primary N) is 5. The van der Waals surface area contributed by atoms with Crippen LogP contribution in [0.5, 0.6) is 0 Å². The van der Waals surface area contributed by atoms with Gasteiger partial charge in [0.05, 0.1) is 37.8 Å². The molecule has 13 atom stereocenters. The van der Waals surface area contributed by atoms with Crippen LogP contribution in [0.3, 0.4) is 0 Å². The molecule has 32 nitrogen and oxygen atoms in total. The van der Waals surface area contributed by atoms with E-state index in [4.69, 9.17) is 28.7 Å². The first-order chi connectivity index (χ1) is 42.5. The van der Waals surface area contributed by atoms with E-state index in [-0.39, 0.29) is 62.4 Å². The number of guanidine groups is 1. The number of nitrogens with zero attached hydrogens (tertiary/aromatic N) is 1. The van der Waals surface area contributed by atoms with Gasteiger partial charge >= 0.3 is 5.97 Å². The lowest BCUT2D eigenvalue weighted by Gasteiger charge is -2.32. The van der Waals surface area contributed by atoms with Crippen LogP contribution in [-0.2, 0) is 64.0 Å². The second kappa shape index (κ2) is 38.6. The Morgan fingerprint density at radius 3 is 1.60 bits per heavy atom. The van der Waals surface area contributed by atoms with Gasteiger partial charge in [0.25, 0.3) is 0 Å². The Balaban J connectivity index is 3.69. The zero-order valence-corrected chi connectivity index (χ0v) is 55.3. The van der Waals surface area contributed by atoms with Gasteiger partial charge in [-0.25, -0.2) is 4.79 Å². The number of aliphatic hydroxyl groups is 3. The molecule has 1 rings (SSSR count). The summed E-state index contributed by atoms with van der Waals surface area (Å²) in [6, 6.07) is -8.72. The average Bonchev–Trinajstić information content (AvgIpc) is 1.27. The summed E-state index contributed by atoms with van der Waals surface area (Å²) >= 11 is 0. The van der Waals surface area contributed by atoms with E-state index in [9.17, 15) is 78.0 Å². The lowest BCUT2D eigenvalue weighted by atomic mass is 9.86. The molecular weight excluding hydrogens is 1200 g/mol. The first-order valence-corrected chi connectivity index (χ1v) is 30.6. The Morgan fingerprint density at radius 2 is 1.09 bits per heavy atom. The number of benzene rings is 1. The molecule has 0 aliphatic heterocycles. The van der Waals surface area contributed by atoms with Crippen LogP contribution in [0.15, 0.2) is 29.3 Å². The Hall–Kier alpha value is -8.23. The van der Waals surface area contributed by atoms with Crippen molar-refractivity contribution >= 4 is 82.6 Å². The van der Waals surface area contributed by atoms with Gasteiger partial charge in [0.1, 0.15) is 54.4 Å². The summed E-state index contributed by atoms with van der Waals surface area (Å²) in [4.78, 5) is 167. The number of rotatable bonds is 39. The van der Waals surface area contributed by atoms with E-state index in [2.05, 4.69) is 52.8 Å². The minimum Gasteiger partial charge on any atom is -0.480 e. The summed E-state index contributed by atoms with van der Waals surface area (Å²) in [7, 11) is 0. The van der Waals surface area contributed by atoms with Crippen LogP contribution >= 0.6 is 0 Å². The minimum absolute atomic E-state index is 0.0361. The number of primary amides is 1. The number of anilines is 1. The summed E-state index contributed by atoms with van der Waals surface area (Å²) in [6.07, 6.45) is -3.82. The Kier molecular flexibility index (Phi) is 34.3. The summed E-state index contributed by atoms with van der Waals surface area (Å²) in [5, 5.41) is 65.5. The first kappa shape index (κ1) is 81.8. The molecular formula is C60H104N16O16. The lowest BCUT2D eigenvalue weighted by molar-refractivity contribution is -0.143. The van der Waals surface area contributed by atoms with Crippen molar-refractivity contribution in [2.75, 3.05) is 25.4 Å². The predicted molar refractivity (Wildman–Crippen MR) is 341 cm³/mol. The number of aliphatic hydroxyl groups excluding tert-OH is 3. The van der Waals surface area contributed by atoms with E-state index in [0.717, 1.165) is 6.92 Å². The number of aliphatic imine (C=N–C) groups is 1. The SMILES string of the molecule is CC[C@H](C)[C@H](NC(=O)[C@@H](CCCN=C(N)N)NC(=O)[C@H](CC(C)C)NC(=O)[C@@H](NC(=O)[C@H](Cc1cccc(N)c1)NC(=O)[C@H](CC(C)(C)C)NC(=O)[C@H](N)CC(C)(C)C)C(O)C(C)C)C(=O)N[C@H](C(=O)NCC(=O)N[C@@H](CC(N)=O)C(=O)N[C@@H](CO)C(=O)O)[C@H](C)O. The number of carboxylic acid groups (broad SMARTS) is 1. The van der Waals surface area contributed by atoms with Gasteiger partial charge in [-0.3, -0.25) is 57.7 Å². The maximum Gasteiger partial charge on any atom is 0.328 e. The fraction of sp³-hybridized carbons (Fsp3) is 0.683. The number of hydrogen-bond acceptors (Lipinski definition) is 18. The highest BCUT2D eigenvalue weighted by atomic mass is 16.4. The quantitative estimate of drug-likeness (QED) is 0.0129. The van der Waals surface area contributed by atoms with Crippen molar-refractivity contribution in [1.29, 1.82) is 0 Å². The zero-order chi connectivity index (χ0) is 70.7. The van der Waals surface area contributed by atoms with Gasteiger partial charge in [0, 0.05) is 18.7 Å². The highest BCUT2D eigenvalue weighted by molar-refractivity contribution is 5.99. The van der Waals surface area contributed by atoms with Gasteiger partial charge in [0.15, 0.2) is 5.96 Å². The van der Waals surface area contributed by atoms with Gasteiger partial charge in [0.2, 0.25) is 65.0 Å². The van der Waals surface area contributed by atoms with Crippen molar-refractivity contribution in [2.24, 2.45) is 56.5 Å². The molecule has 0 bridgehead atoms. The van der Waals surface area contributed by atoms with Crippen LogP contribution in [0.2, 0.25) is 0 Å². The maximum atomic E-state index is 14.7. The van der Waals surface area contributed by atoms with E-state index in [1.807, 2.05) is 46.9 Å². The monoisotopic (exact) mass is 1300 g/mol. The molecule has 1 aromatic carbocycles. The van der Waals surface area contributed by atoms with Crippen molar-refractivity contribution < 1.29 is 78.0 Å². The van der Waals surface area contributed by atoms with Crippen molar-refractivity contribution in [3.63, 3.8) is 0 Å². The molecule has 0 fully saturated rings. The molecule has 0 saturated carbocycles. The maximum absolute atomic E-state index is 14.7. The smallest absolute Gasteiger partial charge is 0.328 e. The number of carboxylic acids is 1. The summed E-state index contributed by atoms with van der Waals surface area (Å²) in [6.45, 7) is 20.3. The fourth-order valence-corrected chi connectivity index (χ4v) is 9.24. The van der Waals surface area contributed by atoms with E-state index in [1.165, 1.54) is 0 Å². The van der Waals surface area contributed by atoms with Gasteiger partial charge in [-0.2, -0.15) is 0 Å². The lowest BCUT2D eigenvalue weighted by Crippen LogP contribution is -2.63. The van der Waals surface area contributed by atoms with Gasteiger partial charge in [-0.1, -0.05) is 102 Å². The summed E-state index contributed by atoms with van der Waals surface area (Å²) < 4.78 is 0. The third kappa shape index (κ3) is 30.7. The third-order valence-electron chi connectivity index (χ3n) is 14.3.